The highest BCUT2D eigenvalue weighted by Crippen LogP contribution is 2.06. The van der Waals surface area contributed by atoms with Gasteiger partial charge >= 0.3 is 0 Å². The smallest absolute Gasteiger partial charge is 0.0570 e. The molecule has 1 aromatic rings. The highest BCUT2D eigenvalue weighted by Gasteiger charge is 2.12. The topological polar surface area (TPSA) is 37.0 Å². The zero-order chi connectivity index (χ0) is 10.5. The first-order chi connectivity index (χ1) is 7.36. The summed E-state index contributed by atoms with van der Waals surface area (Å²) in [4.78, 5) is 4.38. The van der Waals surface area contributed by atoms with Crippen LogP contribution < -0.4 is 10.6 Å². The van der Waals surface area contributed by atoms with E-state index in [1.807, 2.05) is 12.3 Å². The van der Waals surface area contributed by atoms with Gasteiger partial charge in [0.2, 0.25) is 0 Å². The fourth-order valence-corrected chi connectivity index (χ4v) is 1.97. The van der Waals surface area contributed by atoms with Crippen molar-refractivity contribution in [3.05, 3.63) is 29.6 Å². The van der Waals surface area contributed by atoms with Gasteiger partial charge in [-0.1, -0.05) is 6.07 Å². The Morgan fingerprint density at radius 3 is 3.00 bits per heavy atom. The minimum absolute atomic E-state index is 0.660. The summed E-state index contributed by atoms with van der Waals surface area (Å²) in [5.74, 6) is 0. The second-order valence-corrected chi connectivity index (χ2v) is 4.17. The number of nitrogens with one attached hydrogen (secondary N) is 2. The Morgan fingerprint density at radius 2 is 2.27 bits per heavy atom. The van der Waals surface area contributed by atoms with E-state index in [4.69, 9.17) is 0 Å². The van der Waals surface area contributed by atoms with E-state index in [0.29, 0.717) is 6.04 Å². The van der Waals surface area contributed by atoms with Crippen LogP contribution in [0.4, 0.5) is 0 Å². The number of aryl methyl sites for hydroxylation is 1. The average Bonchev–Trinajstić information content (AvgIpc) is 2.29. The van der Waals surface area contributed by atoms with Crippen LogP contribution in [0.1, 0.15) is 24.1 Å². The summed E-state index contributed by atoms with van der Waals surface area (Å²) in [6, 6.07) is 4.77. The predicted octanol–water partition coefficient (Wildman–Crippen LogP) is 1.23. The van der Waals surface area contributed by atoms with Crippen molar-refractivity contribution in [3.8, 4) is 0 Å². The molecule has 0 atom stereocenters. The van der Waals surface area contributed by atoms with Gasteiger partial charge in [-0.3, -0.25) is 4.98 Å². The van der Waals surface area contributed by atoms with Gasteiger partial charge in [0.1, 0.15) is 0 Å². The molecule has 1 aromatic heterocycles. The number of rotatable bonds is 3. The van der Waals surface area contributed by atoms with Gasteiger partial charge in [-0.25, -0.2) is 0 Å². The molecule has 2 rings (SSSR count). The highest BCUT2D eigenvalue weighted by atomic mass is 15.0. The molecule has 15 heavy (non-hydrogen) atoms. The largest absolute Gasteiger partial charge is 0.317 e. The van der Waals surface area contributed by atoms with Crippen LogP contribution in [0.2, 0.25) is 0 Å². The van der Waals surface area contributed by atoms with Crippen LogP contribution in [-0.2, 0) is 6.54 Å². The number of nitrogens with zero attached hydrogens (tertiary/aromatic N) is 1. The lowest BCUT2D eigenvalue weighted by molar-refractivity contribution is 0.384. The van der Waals surface area contributed by atoms with Gasteiger partial charge in [0.15, 0.2) is 0 Å². The van der Waals surface area contributed by atoms with E-state index in [2.05, 4.69) is 28.6 Å². The second kappa shape index (κ2) is 5.24. The van der Waals surface area contributed by atoms with Crippen molar-refractivity contribution in [2.45, 2.75) is 32.4 Å². The molecule has 3 heteroatoms. The van der Waals surface area contributed by atoms with Crippen molar-refractivity contribution >= 4 is 0 Å². The first-order valence-corrected chi connectivity index (χ1v) is 5.71. The lowest BCUT2D eigenvalue weighted by Crippen LogP contribution is -2.39. The molecule has 0 amide bonds. The van der Waals surface area contributed by atoms with Crippen LogP contribution in [0.5, 0.6) is 0 Å². The Hall–Kier alpha value is -0.930. The van der Waals surface area contributed by atoms with E-state index >= 15 is 0 Å². The molecule has 0 saturated carbocycles. The molecule has 2 heterocycles. The molecule has 2 N–H and O–H groups in total. The van der Waals surface area contributed by atoms with Crippen molar-refractivity contribution in [1.82, 2.24) is 15.6 Å². The molecule has 0 bridgehead atoms. The predicted molar refractivity (Wildman–Crippen MR) is 61.7 cm³/mol. The average molecular weight is 205 g/mol. The molecule has 3 nitrogen and oxygen atoms in total. The SMILES string of the molecule is Cc1cccnc1CNC1CCNCC1. The lowest BCUT2D eigenvalue weighted by Gasteiger charge is -2.23. The lowest BCUT2D eigenvalue weighted by atomic mass is 10.1. The fourth-order valence-electron chi connectivity index (χ4n) is 1.97. The van der Waals surface area contributed by atoms with E-state index in [0.717, 1.165) is 19.6 Å². The van der Waals surface area contributed by atoms with Crippen molar-refractivity contribution in [3.63, 3.8) is 0 Å². The number of pyridine rings is 1. The standard InChI is InChI=1S/C12H19N3/c1-10-3-2-6-14-12(10)9-15-11-4-7-13-8-5-11/h2-3,6,11,13,15H,4-5,7-9H2,1H3. The Bertz CT molecular complexity index is 305. The first-order valence-electron chi connectivity index (χ1n) is 5.71. The van der Waals surface area contributed by atoms with E-state index in [9.17, 15) is 0 Å². The molecule has 0 unspecified atom stereocenters. The van der Waals surface area contributed by atoms with Crippen LogP contribution in [0, 0.1) is 6.92 Å². The fraction of sp³-hybridized carbons (Fsp3) is 0.583. The quantitative estimate of drug-likeness (QED) is 0.779. The summed E-state index contributed by atoms with van der Waals surface area (Å²) in [7, 11) is 0. The Balaban J connectivity index is 1.84. The summed E-state index contributed by atoms with van der Waals surface area (Å²) in [6.45, 7) is 5.29. The molecule has 0 aromatic carbocycles. The summed E-state index contributed by atoms with van der Waals surface area (Å²) < 4.78 is 0. The maximum Gasteiger partial charge on any atom is 0.0570 e. The molecule has 0 radical (unpaired) electrons. The van der Waals surface area contributed by atoms with Crippen molar-refractivity contribution in [1.29, 1.82) is 0 Å². The summed E-state index contributed by atoms with van der Waals surface area (Å²) in [6.07, 6.45) is 4.32. The molecular weight excluding hydrogens is 186 g/mol. The number of aromatic nitrogens is 1. The van der Waals surface area contributed by atoms with Gasteiger partial charge in [0.25, 0.3) is 0 Å². The highest BCUT2D eigenvalue weighted by molar-refractivity contribution is 5.17. The zero-order valence-electron chi connectivity index (χ0n) is 9.29. The van der Waals surface area contributed by atoms with Crippen molar-refractivity contribution in [2.24, 2.45) is 0 Å². The van der Waals surface area contributed by atoms with Crippen LogP contribution in [0.15, 0.2) is 18.3 Å². The number of hydrogen-bond acceptors (Lipinski definition) is 3. The van der Waals surface area contributed by atoms with Crippen molar-refractivity contribution < 1.29 is 0 Å². The zero-order valence-corrected chi connectivity index (χ0v) is 9.29. The van der Waals surface area contributed by atoms with Gasteiger partial charge in [-0.05, 0) is 44.5 Å². The van der Waals surface area contributed by atoms with Crippen LogP contribution in [0.3, 0.4) is 0 Å². The third kappa shape index (κ3) is 3.01. The second-order valence-electron chi connectivity index (χ2n) is 4.17. The summed E-state index contributed by atoms with van der Waals surface area (Å²) >= 11 is 0. The van der Waals surface area contributed by atoms with E-state index in [1.165, 1.54) is 24.1 Å². The third-order valence-electron chi connectivity index (χ3n) is 3.02. The molecule has 0 spiro atoms. The summed E-state index contributed by atoms with van der Waals surface area (Å²) in [5, 5.41) is 6.94. The van der Waals surface area contributed by atoms with Crippen LogP contribution >= 0.6 is 0 Å². The molecule has 82 valence electrons. The van der Waals surface area contributed by atoms with Crippen molar-refractivity contribution in [2.75, 3.05) is 13.1 Å². The Morgan fingerprint density at radius 1 is 1.47 bits per heavy atom. The maximum absolute atomic E-state index is 4.38. The van der Waals surface area contributed by atoms with Gasteiger partial charge < -0.3 is 10.6 Å². The number of piperidine rings is 1. The molecule has 1 aliphatic heterocycles. The third-order valence-corrected chi connectivity index (χ3v) is 3.02. The van der Waals surface area contributed by atoms with Gasteiger partial charge in [-0.15, -0.1) is 0 Å². The molecule has 1 saturated heterocycles. The minimum atomic E-state index is 0.660. The number of hydrogen-bond donors (Lipinski definition) is 2. The molecule has 0 aliphatic carbocycles. The minimum Gasteiger partial charge on any atom is -0.317 e. The van der Waals surface area contributed by atoms with Gasteiger partial charge in [-0.2, -0.15) is 0 Å². The molecular formula is C12H19N3. The molecule has 1 aliphatic rings. The van der Waals surface area contributed by atoms with Gasteiger partial charge in [0.05, 0.1) is 5.69 Å². The van der Waals surface area contributed by atoms with Crippen LogP contribution in [-0.4, -0.2) is 24.1 Å². The van der Waals surface area contributed by atoms with Crippen LogP contribution in [0.25, 0.3) is 0 Å². The normalized spacial score (nSPS) is 17.9. The first kappa shape index (κ1) is 10.6. The van der Waals surface area contributed by atoms with E-state index in [-0.39, 0.29) is 0 Å². The Kier molecular flexibility index (Phi) is 3.69. The Labute approximate surface area is 91.3 Å². The molecule has 1 fully saturated rings. The van der Waals surface area contributed by atoms with Gasteiger partial charge in [0, 0.05) is 18.8 Å². The monoisotopic (exact) mass is 205 g/mol. The summed E-state index contributed by atoms with van der Waals surface area (Å²) in [5.41, 5.74) is 2.45. The maximum atomic E-state index is 4.38. The van der Waals surface area contributed by atoms with E-state index < -0.39 is 0 Å². The van der Waals surface area contributed by atoms with E-state index in [1.54, 1.807) is 0 Å².